The van der Waals surface area contributed by atoms with Gasteiger partial charge in [-0.2, -0.15) is 0 Å². The van der Waals surface area contributed by atoms with Gasteiger partial charge in [0.1, 0.15) is 0 Å². The van der Waals surface area contributed by atoms with Crippen molar-refractivity contribution in [3.8, 4) is 0 Å². The second-order valence-corrected chi connectivity index (χ2v) is 11.5. The molecule has 162 valence electrons. The van der Waals surface area contributed by atoms with Crippen LogP contribution in [-0.2, 0) is 18.1 Å². The zero-order chi connectivity index (χ0) is 20.2. The SMILES string of the molecule is CCCCCCCCCCCCCC(=O)SCCCC[Si](OC)(OC)OC. The molecule has 6 heteroatoms. The van der Waals surface area contributed by atoms with E-state index in [0.717, 1.165) is 37.5 Å². The highest BCUT2D eigenvalue weighted by Crippen LogP contribution is 2.19. The lowest BCUT2D eigenvalue weighted by Crippen LogP contribution is -2.42. The van der Waals surface area contributed by atoms with Crippen molar-refractivity contribution in [3.05, 3.63) is 0 Å². The van der Waals surface area contributed by atoms with E-state index in [1.54, 1.807) is 21.3 Å². The Morgan fingerprint density at radius 3 is 1.67 bits per heavy atom. The predicted octanol–water partition coefficient (Wildman–Crippen LogP) is 6.61. The maximum absolute atomic E-state index is 11.9. The fourth-order valence-electron chi connectivity index (χ4n) is 3.19. The van der Waals surface area contributed by atoms with Crippen molar-refractivity contribution >= 4 is 25.7 Å². The van der Waals surface area contributed by atoms with Gasteiger partial charge in [-0.3, -0.25) is 4.79 Å². The van der Waals surface area contributed by atoms with Crippen LogP contribution in [0.4, 0.5) is 0 Å². The highest BCUT2D eigenvalue weighted by Gasteiger charge is 2.36. The first kappa shape index (κ1) is 27.1. The Kier molecular flexibility index (Phi) is 19.5. The Morgan fingerprint density at radius 1 is 0.704 bits per heavy atom. The molecule has 0 heterocycles. The first-order valence-corrected chi connectivity index (χ1v) is 13.9. The lowest BCUT2D eigenvalue weighted by molar-refractivity contribution is -0.111. The summed E-state index contributed by atoms with van der Waals surface area (Å²) in [5.41, 5.74) is 0. The fraction of sp³-hybridized carbons (Fsp3) is 0.952. The molecule has 0 aromatic carbocycles. The summed E-state index contributed by atoms with van der Waals surface area (Å²) in [5.74, 6) is 0.887. The van der Waals surface area contributed by atoms with E-state index in [9.17, 15) is 4.79 Å². The second kappa shape index (κ2) is 19.4. The minimum atomic E-state index is -2.44. The fourth-order valence-corrected chi connectivity index (χ4v) is 5.85. The molecule has 0 N–H and O–H groups in total. The minimum Gasteiger partial charge on any atom is -0.377 e. The van der Waals surface area contributed by atoms with Gasteiger partial charge in [0.25, 0.3) is 0 Å². The Hall–Kier alpha value is 0.117. The van der Waals surface area contributed by atoms with Crippen molar-refractivity contribution in [2.75, 3.05) is 27.1 Å². The van der Waals surface area contributed by atoms with Gasteiger partial charge in [-0.25, -0.2) is 0 Å². The molecular formula is C21H44O4SSi. The van der Waals surface area contributed by atoms with Crippen molar-refractivity contribution in [1.29, 1.82) is 0 Å². The van der Waals surface area contributed by atoms with Crippen LogP contribution in [0.1, 0.15) is 96.8 Å². The molecule has 0 spiro atoms. The van der Waals surface area contributed by atoms with Crippen molar-refractivity contribution in [2.45, 2.75) is 103 Å². The molecule has 0 saturated heterocycles. The van der Waals surface area contributed by atoms with Gasteiger partial charge in [0.15, 0.2) is 5.12 Å². The van der Waals surface area contributed by atoms with Gasteiger partial charge in [0.05, 0.1) is 0 Å². The number of hydrogen-bond acceptors (Lipinski definition) is 5. The third-order valence-corrected chi connectivity index (χ3v) is 8.91. The van der Waals surface area contributed by atoms with Gasteiger partial charge in [0, 0.05) is 39.5 Å². The van der Waals surface area contributed by atoms with Crippen LogP contribution in [0.15, 0.2) is 0 Å². The highest BCUT2D eigenvalue weighted by atomic mass is 32.2. The molecule has 0 aliphatic heterocycles. The molecule has 0 atom stereocenters. The number of rotatable bonds is 20. The summed E-state index contributed by atoms with van der Waals surface area (Å²) in [4.78, 5) is 11.9. The minimum absolute atomic E-state index is 0.347. The summed E-state index contributed by atoms with van der Waals surface area (Å²) >= 11 is 1.49. The molecule has 0 aromatic rings. The monoisotopic (exact) mass is 420 g/mol. The summed E-state index contributed by atoms with van der Waals surface area (Å²) in [5, 5.41) is 0.347. The molecule has 0 rings (SSSR count). The maximum Gasteiger partial charge on any atom is 0.500 e. The number of hydrogen-bond donors (Lipinski definition) is 0. The van der Waals surface area contributed by atoms with Gasteiger partial charge in [-0.15, -0.1) is 0 Å². The summed E-state index contributed by atoms with van der Waals surface area (Å²) in [6.45, 7) is 2.27. The number of unbranched alkanes of at least 4 members (excludes halogenated alkanes) is 11. The van der Waals surface area contributed by atoms with E-state index < -0.39 is 8.80 Å². The van der Waals surface area contributed by atoms with Crippen LogP contribution in [0.2, 0.25) is 6.04 Å². The molecule has 0 aromatic heterocycles. The number of carbonyl (C=O) groups excluding carboxylic acids is 1. The first-order valence-electron chi connectivity index (χ1n) is 10.9. The predicted molar refractivity (Wildman–Crippen MR) is 119 cm³/mol. The lowest BCUT2D eigenvalue weighted by atomic mass is 10.1. The highest BCUT2D eigenvalue weighted by molar-refractivity contribution is 8.13. The quantitative estimate of drug-likeness (QED) is 0.164. The first-order chi connectivity index (χ1) is 13.1. The average Bonchev–Trinajstić information content (AvgIpc) is 2.69. The molecule has 4 nitrogen and oxygen atoms in total. The van der Waals surface area contributed by atoms with Gasteiger partial charge < -0.3 is 13.3 Å². The Balaban J connectivity index is 3.40. The third kappa shape index (κ3) is 15.7. The van der Waals surface area contributed by atoms with Crippen LogP contribution in [0, 0.1) is 0 Å². The standard InChI is InChI=1S/C21H44O4SSi/c1-5-6-7-8-9-10-11-12-13-14-15-18-21(22)26-19-16-17-20-27(23-2,24-3)25-4/h5-20H2,1-4H3. The van der Waals surface area contributed by atoms with Gasteiger partial charge in [0.2, 0.25) is 0 Å². The molecule has 27 heavy (non-hydrogen) atoms. The Bertz CT molecular complexity index is 330. The molecular weight excluding hydrogens is 376 g/mol. The molecule has 0 radical (unpaired) electrons. The van der Waals surface area contributed by atoms with Gasteiger partial charge in [-0.05, 0) is 19.3 Å². The number of thioether (sulfide) groups is 1. The van der Waals surface area contributed by atoms with Crippen molar-refractivity contribution in [1.82, 2.24) is 0 Å². The topological polar surface area (TPSA) is 44.8 Å². The van der Waals surface area contributed by atoms with E-state index in [0.29, 0.717) is 5.12 Å². The van der Waals surface area contributed by atoms with Crippen LogP contribution in [-0.4, -0.2) is 41.0 Å². The van der Waals surface area contributed by atoms with E-state index in [1.165, 1.54) is 76.0 Å². The average molecular weight is 421 g/mol. The summed E-state index contributed by atoms with van der Waals surface area (Å²) in [6, 6.07) is 0.809. The van der Waals surface area contributed by atoms with Gasteiger partial charge >= 0.3 is 8.80 Å². The van der Waals surface area contributed by atoms with E-state index in [-0.39, 0.29) is 0 Å². The van der Waals surface area contributed by atoms with Crippen molar-refractivity contribution < 1.29 is 18.1 Å². The van der Waals surface area contributed by atoms with Crippen LogP contribution >= 0.6 is 11.8 Å². The molecule has 0 aliphatic rings. The van der Waals surface area contributed by atoms with Gasteiger partial charge in [-0.1, -0.05) is 82.9 Å². The normalized spacial score (nSPS) is 11.9. The lowest BCUT2D eigenvalue weighted by Gasteiger charge is -2.24. The van der Waals surface area contributed by atoms with E-state index >= 15 is 0 Å². The molecule has 0 fully saturated rings. The van der Waals surface area contributed by atoms with Crippen molar-refractivity contribution in [2.24, 2.45) is 0 Å². The number of carbonyl (C=O) groups is 1. The maximum atomic E-state index is 11.9. The summed E-state index contributed by atoms with van der Waals surface area (Å²) in [6.07, 6.45) is 17.3. The van der Waals surface area contributed by atoms with E-state index in [4.69, 9.17) is 13.3 Å². The summed E-state index contributed by atoms with van der Waals surface area (Å²) in [7, 11) is 2.49. The smallest absolute Gasteiger partial charge is 0.377 e. The molecule has 0 saturated carbocycles. The second-order valence-electron chi connectivity index (χ2n) is 7.26. The largest absolute Gasteiger partial charge is 0.500 e. The zero-order valence-electron chi connectivity index (χ0n) is 18.4. The van der Waals surface area contributed by atoms with Crippen LogP contribution < -0.4 is 0 Å². The van der Waals surface area contributed by atoms with E-state index in [2.05, 4.69) is 6.92 Å². The molecule has 0 amide bonds. The molecule has 0 aliphatic carbocycles. The molecule has 0 bridgehead atoms. The molecule has 0 unspecified atom stereocenters. The van der Waals surface area contributed by atoms with Crippen LogP contribution in [0.3, 0.4) is 0 Å². The van der Waals surface area contributed by atoms with Crippen LogP contribution in [0.25, 0.3) is 0 Å². The Labute approximate surface area is 173 Å². The summed E-state index contributed by atoms with van der Waals surface area (Å²) < 4.78 is 16.2. The zero-order valence-corrected chi connectivity index (χ0v) is 20.2. The van der Waals surface area contributed by atoms with Crippen LogP contribution in [0.5, 0.6) is 0 Å². The third-order valence-electron chi connectivity index (χ3n) is 5.06. The van der Waals surface area contributed by atoms with E-state index in [1.807, 2.05) is 0 Å². The Morgan fingerprint density at radius 2 is 1.19 bits per heavy atom. The van der Waals surface area contributed by atoms with Crippen molar-refractivity contribution in [3.63, 3.8) is 0 Å².